The molecule has 0 aromatic carbocycles. The molecule has 2 aromatic rings. The molecule has 21 heavy (non-hydrogen) atoms. The number of hydrogen-bond acceptors (Lipinski definition) is 7. The smallest absolute Gasteiger partial charge is 0.332 e. The second-order valence-electron chi connectivity index (χ2n) is 5.09. The van der Waals surface area contributed by atoms with Crippen LogP contribution in [0.1, 0.15) is 19.7 Å². The lowest BCUT2D eigenvalue weighted by Gasteiger charge is -2.16. The Kier molecular flexibility index (Phi) is 4.05. The van der Waals surface area contributed by atoms with Gasteiger partial charge in [-0.2, -0.15) is 5.21 Å². The molecule has 10 heteroatoms. The molecule has 0 spiro atoms. The summed E-state index contributed by atoms with van der Waals surface area (Å²) in [5.74, 6) is 0.714. The SMILES string of the molecule is CC(C)Cn1c(N)c(NCc2nn[nH]n2)c(=O)n(C)c1=O. The summed E-state index contributed by atoms with van der Waals surface area (Å²) in [6.07, 6.45) is 0. The third-order valence-electron chi connectivity index (χ3n) is 2.94. The van der Waals surface area contributed by atoms with Crippen molar-refractivity contribution in [2.45, 2.75) is 26.9 Å². The fraction of sp³-hybridized carbons (Fsp3) is 0.545. The van der Waals surface area contributed by atoms with Crippen molar-refractivity contribution in [2.75, 3.05) is 11.1 Å². The fourth-order valence-electron chi connectivity index (χ4n) is 1.92. The third-order valence-corrected chi connectivity index (χ3v) is 2.94. The van der Waals surface area contributed by atoms with Gasteiger partial charge in [-0.3, -0.25) is 13.9 Å². The quantitative estimate of drug-likeness (QED) is 0.637. The highest BCUT2D eigenvalue weighted by Gasteiger charge is 2.16. The van der Waals surface area contributed by atoms with E-state index in [0.717, 1.165) is 4.57 Å². The van der Waals surface area contributed by atoms with Gasteiger partial charge >= 0.3 is 5.69 Å². The van der Waals surface area contributed by atoms with E-state index in [9.17, 15) is 9.59 Å². The lowest BCUT2D eigenvalue weighted by Crippen LogP contribution is -2.41. The van der Waals surface area contributed by atoms with Crippen LogP contribution in [-0.2, 0) is 20.1 Å². The van der Waals surface area contributed by atoms with Crippen LogP contribution < -0.4 is 22.3 Å². The topological polar surface area (TPSA) is 137 Å². The highest BCUT2D eigenvalue weighted by Crippen LogP contribution is 2.12. The largest absolute Gasteiger partial charge is 0.383 e. The van der Waals surface area contributed by atoms with E-state index in [-0.39, 0.29) is 24.0 Å². The third kappa shape index (κ3) is 2.93. The van der Waals surface area contributed by atoms with E-state index >= 15 is 0 Å². The van der Waals surface area contributed by atoms with Crippen LogP contribution in [0.3, 0.4) is 0 Å². The van der Waals surface area contributed by atoms with Crippen molar-refractivity contribution in [3.05, 3.63) is 26.7 Å². The van der Waals surface area contributed by atoms with Crippen molar-refractivity contribution in [1.29, 1.82) is 0 Å². The second kappa shape index (κ2) is 5.77. The molecule has 0 aliphatic heterocycles. The molecule has 0 fully saturated rings. The minimum atomic E-state index is -0.485. The molecule has 10 nitrogen and oxygen atoms in total. The highest BCUT2D eigenvalue weighted by molar-refractivity contribution is 5.60. The Labute approximate surface area is 120 Å². The van der Waals surface area contributed by atoms with Crippen molar-refractivity contribution in [3.63, 3.8) is 0 Å². The van der Waals surface area contributed by atoms with Gasteiger partial charge in [-0.1, -0.05) is 19.1 Å². The molecule has 2 rings (SSSR count). The van der Waals surface area contributed by atoms with Crippen molar-refractivity contribution >= 4 is 11.5 Å². The van der Waals surface area contributed by atoms with Gasteiger partial charge in [-0.05, 0) is 5.92 Å². The summed E-state index contributed by atoms with van der Waals surface area (Å²) in [6.45, 7) is 4.53. The summed E-state index contributed by atoms with van der Waals surface area (Å²) in [4.78, 5) is 24.3. The monoisotopic (exact) mass is 294 g/mol. The molecule has 0 radical (unpaired) electrons. The van der Waals surface area contributed by atoms with Gasteiger partial charge in [-0.15, -0.1) is 10.2 Å². The molecule has 0 bridgehead atoms. The predicted molar refractivity (Wildman–Crippen MR) is 76.7 cm³/mol. The number of aromatic nitrogens is 6. The lowest BCUT2D eigenvalue weighted by molar-refractivity contribution is 0.494. The number of tetrazole rings is 1. The van der Waals surface area contributed by atoms with Crippen LogP contribution in [0.25, 0.3) is 0 Å². The maximum absolute atomic E-state index is 12.2. The van der Waals surface area contributed by atoms with Gasteiger partial charge in [0.2, 0.25) is 0 Å². The van der Waals surface area contributed by atoms with E-state index in [1.807, 2.05) is 13.8 Å². The van der Waals surface area contributed by atoms with Gasteiger partial charge in [0, 0.05) is 13.6 Å². The number of hydrogen-bond donors (Lipinski definition) is 3. The maximum Gasteiger partial charge on any atom is 0.332 e. The molecular formula is C11H18N8O2. The summed E-state index contributed by atoms with van der Waals surface area (Å²) < 4.78 is 2.40. The highest BCUT2D eigenvalue weighted by atomic mass is 16.2. The van der Waals surface area contributed by atoms with Crippen LogP contribution >= 0.6 is 0 Å². The van der Waals surface area contributed by atoms with E-state index in [1.165, 1.54) is 11.6 Å². The first-order chi connectivity index (χ1) is 9.91. The summed E-state index contributed by atoms with van der Waals surface area (Å²) in [5.41, 5.74) is 5.20. The average Bonchev–Trinajstić information content (AvgIpc) is 2.94. The summed E-state index contributed by atoms with van der Waals surface area (Å²) in [6, 6.07) is 0. The Morgan fingerprint density at radius 3 is 2.67 bits per heavy atom. The zero-order chi connectivity index (χ0) is 15.6. The number of nitrogens with one attached hydrogen (secondary N) is 2. The number of anilines is 2. The van der Waals surface area contributed by atoms with Gasteiger partial charge in [0.25, 0.3) is 5.56 Å². The Bertz CT molecular complexity index is 728. The number of aromatic amines is 1. The number of nitrogens with two attached hydrogens (primary N) is 1. The van der Waals surface area contributed by atoms with E-state index < -0.39 is 11.2 Å². The Hall–Kier alpha value is -2.65. The molecule has 2 aromatic heterocycles. The molecule has 0 amide bonds. The van der Waals surface area contributed by atoms with Crippen LogP contribution in [0.4, 0.5) is 11.5 Å². The number of nitrogens with zero attached hydrogens (tertiary/aromatic N) is 5. The van der Waals surface area contributed by atoms with Crippen LogP contribution in [0.15, 0.2) is 9.59 Å². The first kappa shape index (κ1) is 14.8. The Balaban J connectivity index is 2.42. The molecule has 0 unspecified atom stereocenters. The molecular weight excluding hydrogens is 276 g/mol. The van der Waals surface area contributed by atoms with Gasteiger partial charge < -0.3 is 11.1 Å². The molecule has 0 saturated heterocycles. The van der Waals surface area contributed by atoms with E-state index in [4.69, 9.17) is 5.73 Å². The zero-order valence-corrected chi connectivity index (χ0v) is 12.1. The van der Waals surface area contributed by atoms with Crippen molar-refractivity contribution in [1.82, 2.24) is 29.8 Å². The standard InChI is InChI=1S/C11H18N8O2/c1-6(2)5-19-9(12)8(10(20)18(3)11(19)21)13-4-7-14-16-17-15-7/h6,13H,4-5,12H2,1-3H3,(H,14,15,16,17). The Morgan fingerprint density at radius 1 is 1.38 bits per heavy atom. The lowest BCUT2D eigenvalue weighted by atomic mass is 10.2. The van der Waals surface area contributed by atoms with E-state index in [0.29, 0.717) is 12.4 Å². The minimum Gasteiger partial charge on any atom is -0.383 e. The van der Waals surface area contributed by atoms with Crippen molar-refractivity contribution in [3.8, 4) is 0 Å². The summed E-state index contributed by atoms with van der Waals surface area (Å²) >= 11 is 0. The predicted octanol–water partition coefficient (Wildman–Crippen LogP) is -1.09. The molecule has 0 aliphatic rings. The van der Waals surface area contributed by atoms with Crippen LogP contribution in [-0.4, -0.2) is 29.8 Å². The van der Waals surface area contributed by atoms with Crippen molar-refractivity contribution in [2.24, 2.45) is 13.0 Å². The number of H-pyrrole nitrogens is 1. The van der Waals surface area contributed by atoms with Crippen molar-refractivity contribution < 1.29 is 0 Å². The summed E-state index contributed by atoms with van der Waals surface area (Å²) in [5, 5.41) is 16.1. The average molecular weight is 294 g/mol. The molecule has 0 saturated carbocycles. The number of nitrogen functional groups attached to an aromatic ring is 1. The molecule has 0 aliphatic carbocycles. The first-order valence-corrected chi connectivity index (χ1v) is 6.47. The minimum absolute atomic E-state index is 0.111. The molecule has 0 atom stereocenters. The fourth-order valence-corrected chi connectivity index (χ4v) is 1.92. The molecule has 114 valence electrons. The zero-order valence-electron chi connectivity index (χ0n) is 12.1. The number of rotatable bonds is 5. The Morgan fingerprint density at radius 2 is 2.10 bits per heavy atom. The maximum atomic E-state index is 12.2. The van der Waals surface area contributed by atoms with Gasteiger partial charge in [0.15, 0.2) is 5.82 Å². The van der Waals surface area contributed by atoms with Crippen LogP contribution in [0.2, 0.25) is 0 Å². The normalized spacial score (nSPS) is 11.0. The van der Waals surface area contributed by atoms with Gasteiger partial charge in [0.1, 0.15) is 11.5 Å². The first-order valence-electron chi connectivity index (χ1n) is 6.47. The van der Waals surface area contributed by atoms with Gasteiger partial charge in [0.05, 0.1) is 6.54 Å². The van der Waals surface area contributed by atoms with E-state index in [1.54, 1.807) is 0 Å². The molecule has 4 N–H and O–H groups in total. The molecule has 2 heterocycles. The van der Waals surface area contributed by atoms with Gasteiger partial charge in [-0.25, -0.2) is 4.79 Å². The summed E-state index contributed by atoms with van der Waals surface area (Å²) in [7, 11) is 1.42. The van der Waals surface area contributed by atoms with Crippen LogP contribution in [0.5, 0.6) is 0 Å². The van der Waals surface area contributed by atoms with Crippen LogP contribution in [0, 0.1) is 5.92 Å². The van der Waals surface area contributed by atoms with E-state index in [2.05, 4.69) is 25.9 Å². The second-order valence-corrected chi connectivity index (χ2v) is 5.09.